The maximum atomic E-state index is 12.4. The summed E-state index contributed by atoms with van der Waals surface area (Å²) in [5, 5.41) is 5.74. The van der Waals surface area contributed by atoms with E-state index < -0.39 is 0 Å². The van der Waals surface area contributed by atoms with Gasteiger partial charge in [0.15, 0.2) is 0 Å². The van der Waals surface area contributed by atoms with Crippen LogP contribution in [0.5, 0.6) is 0 Å². The molecule has 0 unspecified atom stereocenters. The molecule has 2 rings (SSSR count). The van der Waals surface area contributed by atoms with E-state index in [0.717, 1.165) is 5.56 Å². The van der Waals surface area contributed by atoms with Gasteiger partial charge in [-0.3, -0.25) is 9.59 Å². The molecule has 0 aliphatic carbocycles. The number of anilines is 2. The van der Waals surface area contributed by atoms with Crippen LogP contribution in [0, 0.1) is 0 Å². The third kappa shape index (κ3) is 5.95. The first-order valence-corrected chi connectivity index (χ1v) is 8.30. The molecule has 4 N–H and O–H groups in total. The Morgan fingerprint density at radius 2 is 1.64 bits per heavy atom. The van der Waals surface area contributed by atoms with E-state index in [1.165, 1.54) is 0 Å². The predicted octanol–water partition coefficient (Wildman–Crippen LogP) is 3.37. The van der Waals surface area contributed by atoms with Crippen molar-refractivity contribution < 1.29 is 9.59 Å². The van der Waals surface area contributed by atoms with Gasteiger partial charge in [-0.1, -0.05) is 24.3 Å². The van der Waals surface area contributed by atoms with E-state index in [1.54, 1.807) is 24.3 Å². The predicted molar refractivity (Wildman–Crippen MR) is 101 cm³/mol. The van der Waals surface area contributed by atoms with Crippen LogP contribution in [0.1, 0.15) is 43.1 Å². The standard InChI is InChI=1S/C20H25N3O2/c1-20(2,3)23-19(25)16-6-4-5-7-17(16)22-18(24)13-10-14-8-11-15(21)12-9-14/h4-9,11-12H,10,13,21H2,1-3H3,(H,22,24)(H,23,25). The summed E-state index contributed by atoms with van der Waals surface area (Å²) in [4.78, 5) is 24.6. The molecule has 0 fully saturated rings. The zero-order valence-electron chi connectivity index (χ0n) is 14.9. The Labute approximate surface area is 148 Å². The zero-order chi connectivity index (χ0) is 18.4. The molecule has 0 heterocycles. The topological polar surface area (TPSA) is 84.2 Å². The number of amides is 2. The lowest BCUT2D eigenvalue weighted by Crippen LogP contribution is -2.40. The van der Waals surface area contributed by atoms with Crippen LogP contribution in [0.25, 0.3) is 0 Å². The van der Waals surface area contributed by atoms with Crippen LogP contribution in [0.15, 0.2) is 48.5 Å². The lowest BCUT2D eigenvalue weighted by atomic mass is 10.1. The second-order valence-corrected chi connectivity index (χ2v) is 7.04. The number of nitrogens with two attached hydrogens (primary N) is 1. The van der Waals surface area contributed by atoms with Gasteiger partial charge < -0.3 is 16.4 Å². The summed E-state index contributed by atoms with van der Waals surface area (Å²) in [7, 11) is 0. The van der Waals surface area contributed by atoms with Crippen molar-refractivity contribution in [1.29, 1.82) is 0 Å². The fourth-order valence-corrected chi connectivity index (χ4v) is 2.35. The number of hydrogen-bond acceptors (Lipinski definition) is 3. The molecule has 0 radical (unpaired) electrons. The lowest BCUT2D eigenvalue weighted by molar-refractivity contribution is -0.116. The van der Waals surface area contributed by atoms with Crippen LogP contribution >= 0.6 is 0 Å². The number of hydrogen-bond donors (Lipinski definition) is 3. The van der Waals surface area contributed by atoms with Crippen LogP contribution in [0.4, 0.5) is 11.4 Å². The molecule has 2 aromatic carbocycles. The highest BCUT2D eigenvalue weighted by atomic mass is 16.2. The van der Waals surface area contributed by atoms with Crippen molar-refractivity contribution in [3.63, 3.8) is 0 Å². The van der Waals surface area contributed by atoms with Crippen molar-refractivity contribution in [1.82, 2.24) is 5.32 Å². The van der Waals surface area contributed by atoms with Crippen LogP contribution in [-0.4, -0.2) is 17.4 Å². The number of aryl methyl sites for hydroxylation is 1. The molecule has 5 heteroatoms. The summed E-state index contributed by atoms with van der Waals surface area (Å²) < 4.78 is 0. The average Bonchev–Trinajstić information content (AvgIpc) is 2.53. The van der Waals surface area contributed by atoms with Crippen molar-refractivity contribution in [3.05, 3.63) is 59.7 Å². The van der Waals surface area contributed by atoms with Crippen LogP contribution in [0.2, 0.25) is 0 Å². The van der Waals surface area contributed by atoms with Crippen LogP contribution in [0.3, 0.4) is 0 Å². The van der Waals surface area contributed by atoms with Crippen molar-refractivity contribution in [2.75, 3.05) is 11.1 Å². The molecule has 0 saturated carbocycles. The van der Waals surface area contributed by atoms with Crippen molar-refractivity contribution in [3.8, 4) is 0 Å². The van der Waals surface area contributed by atoms with Gasteiger partial charge in [-0.15, -0.1) is 0 Å². The molecular weight excluding hydrogens is 314 g/mol. The summed E-state index contributed by atoms with van der Waals surface area (Å²) in [5.41, 5.74) is 8.03. The van der Waals surface area contributed by atoms with Crippen LogP contribution < -0.4 is 16.4 Å². The van der Waals surface area contributed by atoms with Crippen molar-refractivity contribution >= 4 is 23.2 Å². The number of para-hydroxylation sites is 1. The van der Waals surface area contributed by atoms with E-state index in [-0.39, 0.29) is 17.4 Å². The van der Waals surface area contributed by atoms with E-state index in [1.807, 2.05) is 45.0 Å². The quantitative estimate of drug-likeness (QED) is 0.730. The highest BCUT2D eigenvalue weighted by molar-refractivity contribution is 6.04. The molecule has 0 saturated heterocycles. The number of carbonyl (C=O) groups excluding carboxylic acids is 2. The van der Waals surface area contributed by atoms with Gasteiger partial charge in [0.25, 0.3) is 5.91 Å². The highest BCUT2D eigenvalue weighted by Gasteiger charge is 2.18. The Morgan fingerprint density at radius 3 is 2.28 bits per heavy atom. The normalized spacial score (nSPS) is 11.0. The molecule has 0 spiro atoms. The third-order valence-electron chi connectivity index (χ3n) is 3.55. The minimum Gasteiger partial charge on any atom is -0.399 e. The Morgan fingerprint density at radius 1 is 1.00 bits per heavy atom. The molecular formula is C20H25N3O2. The van der Waals surface area contributed by atoms with Crippen molar-refractivity contribution in [2.24, 2.45) is 0 Å². The minimum absolute atomic E-state index is 0.132. The van der Waals surface area contributed by atoms with Gasteiger partial charge in [0.2, 0.25) is 5.91 Å². The summed E-state index contributed by atoms with van der Waals surface area (Å²) in [6, 6.07) is 14.5. The second kappa shape index (κ2) is 7.83. The molecule has 0 aromatic heterocycles. The van der Waals surface area contributed by atoms with Gasteiger partial charge in [0, 0.05) is 17.6 Å². The molecule has 0 bridgehead atoms. The largest absolute Gasteiger partial charge is 0.399 e. The van der Waals surface area contributed by atoms with Gasteiger partial charge in [0.1, 0.15) is 0 Å². The Balaban J connectivity index is 2.00. The Hall–Kier alpha value is -2.82. The van der Waals surface area contributed by atoms with Gasteiger partial charge >= 0.3 is 0 Å². The summed E-state index contributed by atoms with van der Waals surface area (Å²) >= 11 is 0. The molecule has 2 aromatic rings. The maximum Gasteiger partial charge on any atom is 0.253 e. The first-order chi connectivity index (χ1) is 11.7. The van der Waals surface area contributed by atoms with Gasteiger partial charge in [-0.05, 0) is 57.0 Å². The Kier molecular flexibility index (Phi) is 5.80. The van der Waals surface area contributed by atoms with E-state index >= 15 is 0 Å². The van der Waals surface area contributed by atoms with Gasteiger partial charge in [0.05, 0.1) is 11.3 Å². The molecule has 0 aliphatic heterocycles. The van der Waals surface area contributed by atoms with E-state index in [4.69, 9.17) is 5.73 Å². The SMILES string of the molecule is CC(C)(C)NC(=O)c1ccccc1NC(=O)CCc1ccc(N)cc1. The first kappa shape index (κ1) is 18.5. The minimum atomic E-state index is -0.344. The molecule has 132 valence electrons. The highest BCUT2D eigenvalue weighted by Crippen LogP contribution is 2.17. The van der Waals surface area contributed by atoms with Crippen molar-refractivity contribution in [2.45, 2.75) is 39.2 Å². The fourth-order valence-electron chi connectivity index (χ4n) is 2.35. The van der Waals surface area contributed by atoms with Crippen LogP contribution in [-0.2, 0) is 11.2 Å². The number of carbonyl (C=O) groups is 2. The lowest BCUT2D eigenvalue weighted by Gasteiger charge is -2.21. The monoisotopic (exact) mass is 339 g/mol. The zero-order valence-corrected chi connectivity index (χ0v) is 14.9. The van der Waals surface area contributed by atoms with E-state index in [0.29, 0.717) is 29.8 Å². The third-order valence-corrected chi connectivity index (χ3v) is 3.55. The number of benzene rings is 2. The Bertz CT molecular complexity index is 746. The van der Waals surface area contributed by atoms with E-state index in [9.17, 15) is 9.59 Å². The molecule has 25 heavy (non-hydrogen) atoms. The fraction of sp³-hybridized carbons (Fsp3) is 0.300. The number of nitrogens with one attached hydrogen (secondary N) is 2. The van der Waals surface area contributed by atoms with E-state index in [2.05, 4.69) is 10.6 Å². The average molecular weight is 339 g/mol. The molecule has 5 nitrogen and oxygen atoms in total. The van der Waals surface area contributed by atoms with Gasteiger partial charge in [-0.2, -0.15) is 0 Å². The molecule has 0 aliphatic rings. The second-order valence-electron chi connectivity index (χ2n) is 7.04. The molecule has 0 atom stereocenters. The maximum absolute atomic E-state index is 12.4. The number of nitrogen functional groups attached to an aromatic ring is 1. The molecule has 2 amide bonds. The summed E-state index contributed by atoms with van der Waals surface area (Å²) in [5.74, 6) is -0.338. The first-order valence-electron chi connectivity index (χ1n) is 8.30. The van der Waals surface area contributed by atoms with Gasteiger partial charge in [-0.25, -0.2) is 0 Å². The summed E-state index contributed by atoms with van der Waals surface area (Å²) in [6.07, 6.45) is 0.946. The number of rotatable bonds is 5. The smallest absolute Gasteiger partial charge is 0.253 e. The summed E-state index contributed by atoms with van der Waals surface area (Å²) in [6.45, 7) is 5.75.